The summed E-state index contributed by atoms with van der Waals surface area (Å²) in [6, 6.07) is 0. The van der Waals surface area contributed by atoms with Gasteiger partial charge in [0.25, 0.3) is 0 Å². The van der Waals surface area contributed by atoms with Gasteiger partial charge in [-0.3, -0.25) is 6.58 Å². The standard InChI is InChI=1S/C6H10.C5H7.3C2H6N.Ti/c1-5(2)6(3)4;1-3-5-4-2;3*1-3-2;/h1,3H2,2,4H3;1,3-5H,2H3;3*1-2H3;/q;4*-1;+4. The molecule has 0 unspecified atom stereocenters. The maximum Gasteiger partial charge on any atom is 4.00 e. The number of rotatable bonds is 2. The molecule has 4 heteroatoms. The quantitative estimate of drug-likeness (QED) is 0.362. The van der Waals surface area contributed by atoms with Gasteiger partial charge in [-0.05, 0) is 13.8 Å². The molecule has 0 aliphatic carbocycles. The molecular formula is C17H35N3Ti. The fourth-order valence-corrected chi connectivity index (χ4v) is 0.111. The number of allylic oxidation sites excluding steroid dienone is 5. The summed E-state index contributed by atoms with van der Waals surface area (Å²) in [4.78, 5) is 0. The van der Waals surface area contributed by atoms with E-state index in [2.05, 4.69) is 29.1 Å². The average Bonchev–Trinajstić information content (AvgIpc) is 2.33. The van der Waals surface area contributed by atoms with E-state index in [0.29, 0.717) is 0 Å². The monoisotopic (exact) mass is 329 g/mol. The number of hydrogen-bond donors (Lipinski definition) is 0. The van der Waals surface area contributed by atoms with Crippen LogP contribution >= 0.6 is 0 Å². The van der Waals surface area contributed by atoms with Crippen LogP contribution in [-0.2, 0) is 21.7 Å². The van der Waals surface area contributed by atoms with Crippen molar-refractivity contribution in [3.63, 3.8) is 0 Å². The predicted octanol–water partition coefficient (Wildman–Crippen LogP) is 5.55. The Balaban J connectivity index is -0.0000000344. The molecule has 0 heterocycles. The minimum atomic E-state index is 0. The number of hydrogen-bond acceptors (Lipinski definition) is 0. The normalized spacial score (nSPS) is 6.90. The maximum absolute atomic E-state index is 4.93. The third-order valence-corrected chi connectivity index (χ3v) is 1.03. The first-order valence-electron chi connectivity index (χ1n) is 6.22. The van der Waals surface area contributed by atoms with Crippen LogP contribution in [0.4, 0.5) is 0 Å². The Morgan fingerprint density at radius 3 is 1.00 bits per heavy atom. The van der Waals surface area contributed by atoms with Crippen LogP contribution in [0.2, 0.25) is 0 Å². The van der Waals surface area contributed by atoms with Gasteiger partial charge in [0.1, 0.15) is 0 Å². The van der Waals surface area contributed by atoms with Crippen molar-refractivity contribution in [3.8, 4) is 0 Å². The molecular weight excluding hydrogens is 294 g/mol. The van der Waals surface area contributed by atoms with Gasteiger partial charge in [-0.25, -0.2) is 12.2 Å². The first-order chi connectivity index (χ1) is 9.30. The third kappa shape index (κ3) is 195. The molecule has 21 heavy (non-hydrogen) atoms. The van der Waals surface area contributed by atoms with Gasteiger partial charge in [0.05, 0.1) is 0 Å². The van der Waals surface area contributed by atoms with E-state index >= 15 is 0 Å². The second kappa shape index (κ2) is 50.4. The van der Waals surface area contributed by atoms with Crippen LogP contribution in [0.25, 0.3) is 16.0 Å². The molecule has 3 nitrogen and oxygen atoms in total. The third-order valence-electron chi connectivity index (χ3n) is 1.03. The second-order valence-corrected chi connectivity index (χ2v) is 3.62. The van der Waals surface area contributed by atoms with E-state index in [0.717, 1.165) is 11.1 Å². The largest absolute Gasteiger partial charge is 4.00 e. The summed E-state index contributed by atoms with van der Waals surface area (Å²) in [5, 5.41) is 10.5. The molecule has 0 aromatic carbocycles. The van der Waals surface area contributed by atoms with Gasteiger partial charge in [0, 0.05) is 0 Å². The van der Waals surface area contributed by atoms with Gasteiger partial charge in [0.2, 0.25) is 0 Å². The summed E-state index contributed by atoms with van der Waals surface area (Å²) in [7, 11) is 10.5. The van der Waals surface area contributed by atoms with Crippen molar-refractivity contribution >= 4 is 0 Å². The summed E-state index contributed by atoms with van der Waals surface area (Å²) in [5.41, 5.74) is 2.13. The van der Waals surface area contributed by atoms with Gasteiger partial charge in [-0.1, -0.05) is 31.2 Å². The van der Waals surface area contributed by atoms with E-state index in [1.165, 1.54) is 6.08 Å². The SMILES string of the molecule is C=C(C)C(=C)C.C[N-]C.C[N-]C.C[N-]C.[CH-]=CC=CC.[Ti+4]. The van der Waals surface area contributed by atoms with E-state index in [-0.39, 0.29) is 21.7 Å². The fraction of sp³-hybridized carbons (Fsp3) is 0.529. The first-order valence-corrected chi connectivity index (χ1v) is 6.22. The van der Waals surface area contributed by atoms with Gasteiger partial charge < -0.3 is 16.0 Å². The van der Waals surface area contributed by atoms with Crippen molar-refractivity contribution < 1.29 is 21.7 Å². The molecule has 0 aliphatic heterocycles. The van der Waals surface area contributed by atoms with Crippen LogP contribution in [0.15, 0.2) is 42.5 Å². The zero-order valence-electron chi connectivity index (χ0n) is 15.6. The van der Waals surface area contributed by atoms with E-state index in [1.807, 2.05) is 26.8 Å². The Labute approximate surface area is 149 Å². The van der Waals surface area contributed by atoms with Gasteiger partial charge in [0.15, 0.2) is 0 Å². The topological polar surface area (TPSA) is 42.3 Å². The average molecular weight is 329 g/mol. The Kier molecular flexibility index (Phi) is 89.1. The van der Waals surface area contributed by atoms with E-state index in [1.54, 1.807) is 48.4 Å². The molecule has 0 rings (SSSR count). The Morgan fingerprint density at radius 2 is 1.00 bits per heavy atom. The fourth-order valence-electron chi connectivity index (χ4n) is 0.111. The molecule has 0 saturated heterocycles. The van der Waals surface area contributed by atoms with Crippen molar-refractivity contribution in [1.29, 1.82) is 0 Å². The molecule has 0 saturated carbocycles. The van der Waals surface area contributed by atoms with Gasteiger partial charge in [-0.15, -0.1) is 0 Å². The van der Waals surface area contributed by atoms with E-state index in [9.17, 15) is 0 Å². The van der Waals surface area contributed by atoms with Crippen LogP contribution < -0.4 is 0 Å². The zero-order valence-corrected chi connectivity index (χ0v) is 17.1. The van der Waals surface area contributed by atoms with Gasteiger partial charge >= 0.3 is 21.7 Å². The second-order valence-electron chi connectivity index (χ2n) is 3.62. The molecule has 0 amide bonds. The summed E-state index contributed by atoms with van der Waals surface area (Å²) in [6.07, 6.45) is 5.15. The van der Waals surface area contributed by atoms with Crippen LogP contribution in [0.5, 0.6) is 0 Å². The van der Waals surface area contributed by atoms with Gasteiger partial charge in [-0.2, -0.15) is 48.4 Å². The van der Waals surface area contributed by atoms with Crippen molar-refractivity contribution in [1.82, 2.24) is 0 Å². The van der Waals surface area contributed by atoms with Crippen molar-refractivity contribution in [2.24, 2.45) is 0 Å². The predicted molar refractivity (Wildman–Crippen MR) is 98.9 cm³/mol. The molecule has 0 fully saturated rings. The molecule has 0 aromatic rings. The Bertz CT molecular complexity index is 195. The minimum Gasteiger partial charge on any atom is -0.668 e. The van der Waals surface area contributed by atoms with Crippen LogP contribution in [-0.4, -0.2) is 42.3 Å². The van der Waals surface area contributed by atoms with E-state index < -0.39 is 0 Å². The van der Waals surface area contributed by atoms with Crippen molar-refractivity contribution in [3.05, 3.63) is 65.1 Å². The van der Waals surface area contributed by atoms with Crippen molar-refractivity contribution in [2.45, 2.75) is 20.8 Å². The number of nitrogens with zero attached hydrogens (tertiary/aromatic N) is 3. The molecule has 0 aliphatic rings. The molecule has 0 aromatic heterocycles. The van der Waals surface area contributed by atoms with Crippen LogP contribution in [0.3, 0.4) is 0 Å². The van der Waals surface area contributed by atoms with Crippen LogP contribution in [0, 0.1) is 6.58 Å². The molecule has 0 bridgehead atoms. The zero-order chi connectivity index (χ0) is 17.4. The maximum atomic E-state index is 4.93. The summed E-state index contributed by atoms with van der Waals surface area (Å²) < 4.78 is 0. The summed E-state index contributed by atoms with van der Waals surface area (Å²) in [5.74, 6) is 0. The Morgan fingerprint density at radius 1 is 0.810 bits per heavy atom. The summed E-state index contributed by atoms with van der Waals surface area (Å²) >= 11 is 0. The first kappa shape index (κ1) is 37.1. The molecule has 0 atom stereocenters. The van der Waals surface area contributed by atoms with Crippen molar-refractivity contribution in [2.75, 3.05) is 42.3 Å². The minimum absolute atomic E-state index is 0. The molecule has 0 N–H and O–H groups in total. The van der Waals surface area contributed by atoms with E-state index in [4.69, 9.17) is 6.58 Å². The molecule has 122 valence electrons. The molecule has 0 spiro atoms. The smallest absolute Gasteiger partial charge is 0.668 e. The van der Waals surface area contributed by atoms with Crippen LogP contribution in [0.1, 0.15) is 20.8 Å². The molecule has 0 radical (unpaired) electrons. The Hall–Kier alpha value is -0.446. The summed E-state index contributed by atoms with van der Waals surface area (Å²) in [6.45, 7) is 18.1.